The van der Waals surface area contributed by atoms with Crippen LogP contribution in [0.3, 0.4) is 0 Å². The van der Waals surface area contributed by atoms with Crippen molar-refractivity contribution in [2.75, 3.05) is 31.2 Å². The number of benzene rings is 2. The van der Waals surface area contributed by atoms with Gasteiger partial charge in [-0.25, -0.2) is 18.8 Å². The molecule has 1 saturated heterocycles. The third-order valence-corrected chi connectivity index (χ3v) is 6.14. The number of aromatic nitrogens is 2. The first-order chi connectivity index (χ1) is 15.9. The van der Waals surface area contributed by atoms with Gasteiger partial charge in [-0.05, 0) is 24.1 Å². The van der Waals surface area contributed by atoms with Crippen LogP contribution in [0.1, 0.15) is 30.8 Å². The van der Waals surface area contributed by atoms with E-state index in [2.05, 4.69) is 27.3 Å². The Morgan fingerprint density at radius 3 is 2.52 bits per heavy atom. The normalized spacial score (nSPS) is 15.5. The Morgan fingerprint density at radius 1 is 1.18 bits per heavy atom. The third kappa shape index (κ3) is 4.79. The fourth-order valence-corrected chi connectivity index (χ4v) is 4.39. The van der Waals surface area contributed by atoms with Crippen molar-refractivity contribution in [1.29, 1.82) is 0 Å². The van der Waals surface area contributed by atoms with Gasteiger partial charge < -0.3 is 15.4 Å². The zero-order valence-corrected chi connectivity index (χ0v) is 18.9. The quantitative estimate of drug-likeness (QED) is 0.570. The molecule has 2 N–H and O–H groups in total. The van der Waals surface area contributed by atoms with Crippen molar-refractivity contribution in [2.24, 2.45) is 0 Å². The summed E-state index contributed by atoms with van der Waals surface area (Å²) < 4.78 is 15.9. The summed E-state index contributed by atoms with van der Waals surface area (Å²) in [6.45, 7) is 4.99. The molecule has 2 heterocycles. The van der Waals surface area contributed by atoms with Gasteiger partial charge >= 0.3 is 6.09 Å². The summed E-state index contributed by atoms with van der Waals surface area (Å²) in [7, 11) is 0. The minimum atomic E-state index is -1.25. The van der Waals surface area contributed by atoms with Gasteiger partial charge in [0.05, 0.1) is 16.5 Å². The number of halogens is 2. The van der Waals surface area contributed by atoms with E-state index in [1.807, 2.05) is 23.2 Å². The van der Waals surface area contributed by atoms with E-state index in [1.165, 1.54) is 16.3 Å². The van der Waals surface area contributed by atoms with E-state index in [0.717, 1.165) is 12.6 Å². The molecule has 4 rings (SSSR count). The van der Waals surface area contributed by atoms with Crippen molar-refractivity contribution in [3.05, 3.63) is 75.0 Å². The van der Waals surface area contributed by atoms with Crippen LogP contribution in [0.4, 0.5) is 9.18 Å². The topological polar surface area (TPSA) is 90.7 Å². The van der Waals surface area contributed by atoms with Gasteiger partial charge in [0.15, 0.2) is 5.82 Å². The molecule has 0 radical (unpaired) electrons. The highest BCUT2D eigenvalue weighted by Gasteiger charge is 2.27. The van der Waals surface area contributed by atoms with Crippen LogP contribution < -0.4 is 15.9 Å². The van der Waals surface area contributed by atoms with Crippen LogP contribution in [-0.4, -0.2) is 51.9 Å². The van der Waals surface area contributed by atoms with Crippen LogP contribution in [0.2, 0.25) is 5.02 Å². The molecule has 33 heavy (non-hydrogen) atoms. The smallest absolute Gasteiger partial charge is 0.405 e. The number of carboxylic acid groups (broad SMARTS) is 1. The molecule has 174 valence electrons. The monoisotopic (exact) mass is 473 g/mol. The SMILES string of the molecule is CCC(NC(=O)O)c1nc2c(F)ccc(Cl)c2c(=O)n1N1CCN(Cc2ccccc2)CC1. The van der Waals surface area contributed by atoms with Gasteiger partial charge in [-0.3, -0.25) is 9.69 Å². The van der Waals surface area contributed by atoms with Crippen LogP contribution in [0.25, 0.3) is 10.9 Å². The molecule has 0 saturated carbocycles. The summed E-state index contributed by atoms with van der Waals surface area (Å²) in [5, 5.41) is 13.6. The van der Waals surface area contributed by atoms with Gasteiger partial charge in [0.25, 0.3) is 5.56 Å². The molecular weight excluding hydrogens is 449 g/mol. The van der Waals surface area contributed by atoms with Gasteiger partial charge in [0.2, 0.25) is 0 Å². The van der Waals surface area contributed by atoms with Crippen molar-refractivity contribution in [2.45, 2.75) is 25.9 Å². The minimum Gasteiger partial charge on any atom is -0.465 e. The van der Waals surface area contributed by atoms with Crippen molar-refractivity contribution >= 4 is 28.6 Å². The number of carbonyl (C=O) groups is 1. The summed E-state index contributed by atoms with van der Waals surface area (Å²) in [5.41, 5.74) is 0.531. The minimum absolute atomic E-state index is 0.0164. The second-order valence-electron chi connectivity index (χ2n) is 7.97. The standard InChI is InChI=1S/C23H25ClFN5O3/c1-2-18(26-23(32)33)21-27-20-17(25)9-8-16(24)19(20)22(31)30(21)29-12-10-28(11-13-29)14-15-6-4-3-5-7-15/h3-9,18,26H,2,10-14H2,1H3,(H,32,33). The van der Waals surface area contributed by atoms with Crippen molar-refractivity contribution < 1.29 is 14.3 Å². The van der Waals surface area contributed by atoms with E-state index in [0.29, 0.717) is 32.6 Å². The lowest BCUT2D eigenvalue weighted by Crippen LogP contribution is -2.55. The molecule has 0 spiro atoms. The lowest BCUT2D eigenvalue weighted by atomic mass is 10.1. The van der Waals surface area contributed by atoms with Gasteiger partial charge in [0.1, 0.15) is 11.3 Å². The highest BCUT2D eigenvalue weighted by atomic mass is 35.5. The summed E-state index contributed by atoms with van der Waals surface area (Å²) in [4.78, 5) is 31.6. The average molecular weight is 474 g/mol. The first kappa shape index (κ1) is 23.0. The highest BCUT2D eigenvalue weighted by molar-refractivity contribution is 6.35. The molecule has 1 aliphatic rings. The summed E-state index contributed by atoms with van der Waals surface area (Å²) in [6.07, 6.45) is -0.914. The first-order valence-electron chi connectivity index (χ1n) is 10.8. The van der Waals surface area contributed by atoms with Gasteiger partial charge in [0, 0.05) is 32.7 Å². The number of fused-ring (bicyclic) bond motifs is 1. The maximum Gasteiger partial charge on any atom is 0.405 e. The molecule has 2 aromatic carbocycles. The maximum absolute atomic E-state index is 14.6. The Bertz CT molecular complexity index is 1210. The zero-order valence-electron chi connectivity index (χ0n) is 18.2. The third-order valence-electron chi connectivity index (χ3n) is 5.83. The molecule has 1 amide bonds. The number of hydrogen-bond donors (Lipinski definition) is 2. The molecule has 1 unspecified atom stereocenters. The predicted molar refractivity (Wildman–Crippen MR) is 125 cm³/mol. The number of amides is 1. The van der Waals surface area contributed by atoms with Gasteiger partial charge in [-0.15, -0.1) is 0 Å². The Morgan fingerprint density at radius 2 is 1.88 bits per heavy atom. The second kappa shape index (κ2) is 9.76. The Hall–Kier alpha value is -3.17. The van der Waals surface area contributed by atoms with Crippen molar-refractivity contribution in [3.63, 3.8) is 0 Å². The Balaban J connectivity index is 1.72. The fraction of sp³-hybridized carbons (Fsp3) is 0.348. The molecule has 1 aliphatic heterocycles. The van der Waals surface area contributed by atoms with Crippen LogP contribution in [-0.2, 0) is 6.54 Å². The summed E-state index contributed by atoms with van der Waals surface area (Å²) in [6, 6.07) is 11.8. The van der Waals surface area contributed by atoms with Crippen LogP contribution >= 0.6 is 11.6 Å². The van der Waals surface area contributed by atoms with E-state index in [4.69, 9.17) is 11.6 Å². The Labute approximate surface area is 195 Å². The summed E-state index contributed by atoms with van der Waals surface area (Å²) >= 11 is 6.25. The molecule has 10 heteroatoms. The Kier molecular flexibility index (Phi) is 6.80. The number of hydrogen-bond acceptors (Lipinski definition) is 5. The molecule has 0 aliphatic carbocycles. The van der Waals surface area contributed by atoms with E-state index in [9.17, 15) is 19.1 Å². The number of nitrogens with one attached hydrogen (secondary N) is 1. The van der Waals surface area contributed by atoms with Gasteiger partial charge in [-0.1, -0.05) is 48.9 Å². The number of nitrogens with zero attached hydrogens (tertiary/aromatic N) is 4. The van der Waals surface area contributed by atoms with E-state index < -0.39 is 23.5 Å². The van der Waals surface area contributed by atoms with Gasteiger partial charge in [-0.2, -0.15) is 0 Å². The second-order valence-corrected chi connectivity index (χ2v) is 8.37. The largest absolute Gasteiger partial charge is 0.465 e. The van der Waals surface area contributed by atoms with Crippen molar-refractivity contribution in [1.82, 2.24) is 19.9 Å². The fourth-order valence-electron chi connectivity index (χ4n) is 4.16. The van der Waals surface area contributed by atoms with Crippen LogP contribution in [0, 0.1) is 5.82 Å². The first-order valence-corrected chi connectivity index (χ1v) is 11.2. The van der Waals surface area contributed by atoms with E-state index >= 15 is 0 Å². The predicted octanol–water partition coefficient (Wildman–Crippen LogP) is 3.36. The van der Waals surface area contributed by atoms with Crippen LogP contribution in [0.5, 0.6) is 0 Å². The number of piperazine rings is 1. The molecule has 3 aromatic rings. The molecule has 1 atom stereocenters. The van der Waals surface area contributed by atoms with Crippen LogP contribution in [0.15, 0.2) is 47.3 Å². The lowest BCUT2D eigenvalue weighted by molar-refractivity contribution is 0.187. The molecular formula is C23H25ClFN5O3. The van der Waals surface area contributed by atoms with Crippen molar-refractivity contribution in [3.8, 4) is 0 Å². The average Bonchev–Trinajstić information content (AvgIpc) is 2.81. The lowest BCUT2D eigenvalue weighted by Gasteiger charge is -2.38. The molecule has 8 nitrogen and oxygen atoms in total. The number of rotatable bonds is 6. The maximum atomic E-state index is 14.6. The van der Waals surface area contributed by atoms with E-state index in [1.54, 1.807) is 6.92 Å². The van der Waals surface area contributed by atoms with E-state index in [-0.39, 0.29) is 21.7 Å². The summed E-state index contributed by atoms with van der Waals surface area (Å²) in [5.74, 6) is -0.534. The molecule has 0 bridgehead atoms. The molecule has 1 aromatic heterocycles. The molecule has 1 fully saturated rings. The highest BCUT2D eigenvalue weighted by Crippen LogP contribution is 2.25. The zero-order chi connectivity index (χ0) is 23.5.